The number of aryl methyl sites for hydroxylation is 1. The molecular formula is C20H21NO3. The number of hydrogen-bond donors (Lipinski definition) is 0. The molecule has 4 rings (SSSR count). The summed E-state index contributed by atoms with van der Waals surface area (Å²) in [4.78, 5) is 14.9. The highest BCUT2D eigenvalue weighted by Gasteiger charge is 2.30. The molecule has 24 heavy (non-hydrogen) atoms. The molecule has 1 unspecified atom stereocenters. The Kier molecular flexibility index (Phi) is 4.11. The van der Waals surface area contributed by atoms with Crippen LogP contribution in [0, 0.1) is 0 Å². The third-order valence-corrected chi connectivity index (χ3v) is 4.87. The van der Waals surface area contributed by atoms with Crippen molar-refractivity contribution in [1.82, 2.24) is 4.90 Å². The number of rotatable bonds is 4. The highest BCUT2D eigenvalue weighted by atomic mass is 16.7. The average molecular weight is 323 g/mol. The summed E-state index contributed by atoms with van der Waals surface area (Å²) in [6.45, 7) is 1.07. The van der Waals surface area contributed by atoms with E-state index in [4.69, 9.17) is 9.47 Å². The first-order valence-corrected chi connectivity index (χ1v) is 8.56. The van der Waals surface area contributed by atoms with Crippen LogP contribution in [0.15, 0.2) is 48.5 Å². The average Bonchev–Trinajstić information content (AvgIpc) is 3.28. The van der Waals surface area contributed by atoms with Crippen LogP contribution in [0.2, 0.25) is 0 Å². The maximum absolute atomic E-state index is 12.9. The lowest BCUT2D eigenvalue weighted by Crippen LogP contribution is -2.35. The zero-order chi connectivity index (χ0) is 16.4. The fraction of sp³-hybridized carbons (Fsp3) is 0.350. The van der Waals surface area contributed by atoms with Gasteiger partial charge >= 0.3 is 0 Å². The molecule has 1 amide bonds. The van der Waals surface area contributed by atoms with Crippen LogP contribution in [-0.2, 0) is 6.42 Å². The molecule has 124 valence electrons. The number of carbonyl (C=O) groups is 1. The van der Waals surface area contributed by atoms with E-state index in [-0.39, 0.29) is 12.7 Å². The minimum atomic E-state index is 0.101. The Morgan fingerprint density at radius 1 is 1.08 bits per heavy atom. The molecule has 2 aliphatic rings. The molecule has 2 aromatic carbocycles. The van der Waals surface area contributed by atoms with Gasteiger partial charge in [0.2, 0.25) is 6.79 Å². The molecule has 0 spiro atoms. The molecular weight excluding hydrogens is 302 g/mol. The predicted octanol–water partition coefficient (Wildman–Crippen LogP) is 3.65. The summed E-state index contributed by atoms with van der Waals surface area (Å²) in [6.07, 6.45) is 4.19. The molecule has 1 fully saturated rings. The van der Waals surface area contributed by atoms with Crippen LogP contribution in [0.3, 0.4) is 0 Å². The monoisotopic (exact) mass is 323 g/mol. The zero-order valence-electron chi connectivity index (χ0n) is 13.6. The van der Waals surface area contributed by atoms with E-state index in [0.29, 0.717) is 23.1 Å². The van der Waals surface area contributed by atoms with E-state index in [9.17, 15) is 4.79 Å². The van der Waals surface area contributed by atoms with E-state index in [0.717, 1.165) is 32.2 Å². The van der Waals surface area contributed by atoms with Gasteiger partial charge in [0, 0.05) is 18.2 Å². The second kappa shape index (κ2) is 6.56. The van der Waals surface area contributed by atoms with Gasteiger partial charge in [0.05, 0.1) is 0 Å². The Bertz CT molecular complexity index is 729. The summed E-state index contributed by atoms with van der Waals surface area (Å²) in [6, 6.07) is 16.3. The molecule has 0 N–H and O–H groups in total. The Balaban J connectivity index is 1.45. The van der Waals surface area contributed by atoms with Crippen molar-refractivity contribution in [2.24, 2.45) is 0 Å². The van der Waals surface area contributed by atoms with Crippen molar-refractivity contribution in [2.75, 3.05) is 13.3 Å². The molecule has 1 saturated heterocycles. The number of nitrogens with zero attached hydrogens (tertiary/aromatic N) is 1. The van der Waals surface area contributed by atoms with Gasteiger partial charge in [-0.05, 0) is 49.4 Å². The fourth-order valence-electron chi connectivity index (χ4n) is 3.58. The summed E-state index contributed by atoms with van der Waals surface area (Å²) in [5.74, 6) is 1.48. The number of hydrogen-bond acceptors (Lipinski definition) is 3. The third-order valence-electron chi connectivity index (χ3n) is 4.87. The van der Waals surface area contributed by atoms with Gasteiger partial charge in [-0.3, -0.25) is 4.79 Å². The van der Waals surface area contributed by atoms with Gasteiger partial charge in [0.1, 0.15) is 0 Å². The zero-order valence-corrected chi connectivity index (χ0v) is 13.6. The third kappa shape index (κ3) is 2.96. The molecule has 4 nitrogen and oxygen atoms in total. The molecule has 0 aromatic heterocycles. The maximum Gasteiger partial charge on any atom is 0.254 e. The SMILES string of the molecule is O=C(c1ccc2c(c1)OCO2)N1CCCC1CCc1ccccc1. The fourth-order valence-corrected chi connectivity index (χ4v) is 3.58. The van der Waals surface area contributed by atoms with Gasteiger partial charge < -0.3 is 14.4 Å². The van der Waals surface area contributed by atoms with Gasteiger partial charge in [-0.1, -0.05) is 30.3 Å². The number of likely N-dealkylation sites (tertiary alicyclic amines) is 1. The lowest BCUT2D eigenvalue weighted by atomic mass is 10.0. The Morgan fingerprint density at radius 3 is 2.79 bits per heavy atom. The van der Waals surface area contributed by atoms with Crippen LogP contribution < -0.4 is 9.47 Å². The minimum absolute atomic E-state index is 0.101. The van der Waals surface area contributed by atoms with Gasteiger partial charge in [0.15, 0.2) is 11.5 Å². The Hall–Kier alpha value is -2.49. The van der Waals surface area contributed by atoms with Crippen molar-refractivity contribution in [1.29, 1.82) is 0 Å². The number of carbonyl (C=O) groups excluding carboxylic acids is 1. The quantitative estimate of drug-likeness (QED) is 0.862. The van der Waals surface area contributed by atoms with Crippen LogP contribution in [0.25, 0.3) is 0 Å². The molecule has 1 atom stereocenters. The van der Waals surface area contributed by atoms with Gasteiger partial charge in [0.25, 0.3) is 5.91 Å². The minimum Gasteiger partial charge on any atom is -0.454 e. The topological polar surface area (TPSA) is 38.8 Å². The van der Waals surface area contributed by atoms with Crippen molar-refractivity contribution < 1.29 is 14.3 Å². The van der Waals surface area contributed by atoms with E-state index in [2.05, 4.69) is 24.3 Å². The van der Waals surface area contributed by atoms with E-state index >= 15 is 0 Å². The number of amides is 1. The van der Waals surface area contributed by atoms with Crippen molar-refractivity contribution in [3.63, 3.8) is 0 Å². The van der Waals surface area contributed by atoms with E-state index in [1.54, 1.807) is 6.07 Å². The normalized spacial score (nSPS) is 18.8. The molecule has 2 aliphatic heterocycles. The Morgan fingerprint density at radius 2 is 1.92 bits per heavy atom. The largest absolute Gasteiger partial charge is 0.454 e. The second-order valence-corrected chi connectivity index (χ2v) is 6.39. The smallest absolute Gasteiger partial charge is 0.254 e. The van der Waals surface area contributed by atoms with Gasteiger partial charge in [-0.25, -0.2) is 0 Å². The maximum atomic E-state index is 12.9. The van der Waals surface area contributed by atoms with E-state index in [1.807, 2.05) is 23.1 Å². The predicted molar refractivity (Wildman–Crippen MR) is 91.4 cm³/mol. The molecule has 2 heterocycles. The van der Waals surface area contributed by atoms with Crippen LogP contribution >= 0.6 is 0 Å². The van der Waals surface area contributed by atoms with Crippen LogP contribution in [-0.4, -0.2) is 30.2 Å². The highest BCUT2D eigenvalue weighted by Crippen LogP contribution is 2.33. The standard InChI is InChI=1S/C20H21NO3/c22-20(16-9-11-18-19(13-16)24-14-23-18)21-12-4-7-17(21)10-8-15-5-2-1-3-6-15/h1-3,5-6,9,11,13,17H,4,7-8,10,12,14H2. The molecule has 0 bridgehead atoms. The van der Waals surface area contributed by atoms with Crippen LogP contribution in [0.5, 0.6) is 11.5 Å². The van der Waals surface area contributed by atoms with Crippen molar-refractivity contribution in [2.45, 2.75) is 31.7 Å². The number of fused-ring (bicyclic) bond motifs is 1. The second-order valence-electron chi connectivity index (χ2n) is 6.39. The van der Waals surface area contributed by atoms with Gasteiger partial charge in [-0.15, -0.1) is 0 Å². The van der Waals surface area contributed by atoms with Gasteiger partial charge in [-0.2, -0.15) is 0 Å². The van der Waals surface area contributed by atoms with Crippen LogP contribution in [0.4, 0.5) is 0 Å². The summed E-state index contributed by atoms with van der Waals surface area (Å²) in [5.41, 5.74) is 2.02. The highest BCUT2D eigenvalue weighted by molar-refractivity contribution is 5.95. The van der Waals surface area contributed by atoms with Crippen molar-refractivity contribution >= 4 is 5.91 Å². The summed E-state index contributed by atoms with van der Waals surface area (Å²) >= 11 is 0. The summed E-state index contributed by atoms with van der Waals surface area (Å²) < 4.78 is 10.7. The van der Waals surface area contributed by atoms with E-state index in [1.165, 1.54) is 5.56 Å². The molecule has 0 saturated carbocycles. The number of benzene rings is 2. The van der Waals surface area contributed by atoms with Crippen molar-refractivity contribution in [3.8, 4) is 11.5 Å². The first kappa shape index (κ1) is 15.1. The number of ether oxygens (including phenoxy) is 2. The molecule has 0 aliphatic carbocycles. The van der Waals surface area contributed by atoms with Crippen molar-refractivity contribution in [3.05, 3.63) is 59.7 Å². The molecule has 0 radical (unpaired) electrons. The Labute approximate surface area is 142 Å². The first-order chi connectivity index (χ1) is 11.8. The molecule has 2 aromatic rings. The lowest BCUT2D eigenvalue weighted by Gasteiger charge is -2.25. The molecule has 4 heteroatoms. The summed E-state index contributed by atoms with van der Waals surface area (Å²) in [5, 5.41) is 0. The lowest BCUT2D eigenvalue weighted by molar-refractivity contribution is 0.0730. The first-order valence-electron chi connectivity index (χ1n) is 8.56. The van der Waals surface area contributed by atoms with Crippen LogP contribution in [0.1, 0.15) is 35.2 Å². The summed E-state index contributed by atoms with van der Waals surface area (Å²) in [7, 11) is 0. The van der Waals surface area contributed by atoms with E-state index < -0.39 is 0 Å².